The van der Waals surface area contributed by atoms with E-state index >= 15 is 0 Å². The molecule has 12 nitrogen and oxygen atoms in total. The highest BCUT2D eigenvalue weighted by molar-refractivity contribution is 5.93. The van der Waals surface area contributed by atoms with Gasteiger partial charge in [-0.1, -0.05) is 35.1 Å². The molecule has 224 valence electrons. The summed E-state index contributed by atoms with van der Waals surface area (Å²) in [7, 11) is 0. The van der Waals surface area contributed by atoms with Crippen LogP contribution in [0.5, 0.6) is 0 Å². The fraction of sp³-hybridized carbons (Fsp3) is 0.233. The molecule has 44 heavy (non-hydrogen) atoms. The first kappa shape index (κ1) is 28.7. The van der Waals surface area contributed by atoms with E-state index in [4.69, 9.17) is 0 Å². The lowest BCUT2D eigenvalue weighted by atomic mass is 10.0. The van der Waals surface area contributed by atoms with Gasteiger partial charge in [-0.3, -0.25) is 19.5 Å². The lowest BCUT2D eigenvalue weighted by Crippen LogP contribution is -2.50. The predicted octanol–water partition coefficient (Wildman–Crippen LogP) is 3.82. The summed E-state index contributed by atoms with van der Waals surface area (Å²) in [4.78, 5) is 33.2. The molecule has 0 spiro atoms. The number of nitrogens with zero attached hydrogens (tertiary/aromatic N) is 9. The van der Waals surface area contributed by atoms with E-state index in [-0.39, 0.29) is 17.6 Å². The fourth-order valence-corrected chi connectivity index (χ4v) is 5.17. The Hall–Kier alpha value is -5.37. The highest BCUT2D eigenvalue weighted by Crippen LogP contribution is 2.28. The third-order valence-corrected chi connectivity index (χ3v) is 7.29. The third kappa shape index (κ3) is 6.20. The first-order valence-electron chi connectivity index (χ1n) is 13.9. The summed E-state index contributed by atoms with van der Waals surface area (Å²) in [6.45, 7) is 0.328. The molecule has 1 aliphatic heterocycles. The average Bonchev–Trinajstić information content (AvgIpc) is 3.73. The van der Waals surface area contributed by atoms with Crippen molar-refractivity contribution in [3.63, 3.8) is 0 Å². The zero-order valence-electron chi connectivity index (χ0n) is 23.7. The summed E-state index contributed by atoms with van der Waals surface area (Å²) in [6, 6.07) is 19.8. The summed E-state index contributed by atoms with van der Waals surface area (Å²) in [5.74, 6) is -0.171. The highest BCUT2D eigenvalue weighted by atomic mass is 19.3. The number of benzene rings is 2. The zero-order chi connectivity index (χ0) is 30.6. The highest BCUT2D eigenvalue weighted by Gasteiger charge is 2.32. The van der Waals surface area contributed by atoms with Crippen molar-refractivity contribution in [1.82, 2.24) is 44.8 Å². The summed E-state index contributed by atoms with van der Waals surface area (Å²) < 4.78 is 28.1. The molecule has 5 aromatic rings. The Balaban J connectivity index is 1.14. The number of pyridine rings is 1. The number of anilines is 1. The maximum absolute atomic E-state index is 13.5. The van der Waals surface area contributed by atoms with Gasteiger partial charge in [-0.2, -0.15) is 13.9 Å². The smallest absolute Gasteiger partial charge is 0.335 e. The van der Waals surface area contributed by atoms with Crippen LogP contribution in [-0.2, 0) is 4.79 Å². The monoisotopic (exact) mass is 598 g/mol. The van der Waals surface area contributed by atoms with E-state index in [2.05, 4.69) is 35.7 Å². The van der Waals surface area contributed by atoms with Crippen LogP contribution < -0.4 is 5.32 Å². The summed E-state index contributed by atoms with van der Waals surface area (Å²) in [5.41, 5.74) is 4.27. The van der Waals surface area contributed by atoms with Crippen LogP contribution in [-0.4, -0.2) is 82.8 Å². The molecule has 3 aromatic heterocycles. The van der Waals surface area contributed by atoms with E-state index in [0.717, 1.165) is 22.4 Å². The van der Waals surface area contributed by atoms with E-state index in [1.807, 2.05) is 54.7 Å². The average molecular weight is 599 g/mol. The van der Waals surface area contributed by atoms with Gasteiger partial charge in [0.25, 0.3) is 5.91 Å². The second-order valence-electron chi connectivity index (χ2n) is 10.2. The number of aromatic nitrogens is 7. The van der Waals surface area contributed by atoms with Gasteiger partial charge < -0.3 is 10.2 Å². The van der Waals surface area contributed by atoms with Crippen LogP contribution >= 0.6 is 0 Å². The van der Waals surface area contributed by atoms with Crippen LogP contribution in [0.4, 0.5) is 14.5 Å². The van der Waals surface area contributed by atoms with Crippen molar-refractivity contribution in [3.05, 3.63) is 102 Å². The molecule has 2 aromatic carbocycles. The largest absolute Gasteiger partial charge is 0.350 e. The van der Waals surface area contributed by atoms with Gasteiger partial charge >= 0.3 is 6.55 Å². The number of amides is 2. The van der Waals surface area contributed by atoms with E-state index in [1.165, 1.54) is 6.92 Å². The van der Waals surface area contributed by atoms with Crippen molar-refractivity contribution in [2.45, 2.75) is 19.5 Å². The number of halogens is 2. The quantitative estimate of drug-likeness (QED) is 0.286. The van der Waals surface area contributed by atoms with Crippen molar-refractivity contribution in [1.29, 1.82) is 0 Å². The molecule has 1 aliphatic rings. The maximum atomic E-state index is 13.5. The zero-order valence-corrected chi connectivity index (χ0v) is 23.7. The van der Waals surface area contributed by atoms with Crippen LogP contribution in [0.15, 0.2) is 85.3 Å². The number of nitrogens with one attached hydrogen (secondary N) is 1. The molecular formula is C30H28F2N10O2. The molecule has 6 rings (SSSR count). The fourth-order valence-electron chi connectivity index (χ4n) is 5.17. The first-order valence-corrected chi connectivity index (χ1v) is 13.9. The predicted molar refractivity (Wildman–Crippen MR) is 156 cm³/mol. The minimum Gasteiger partial charge on any atom is -0.335 e. The Morgan fingerprint density at radius 2 is 1.68 bits per heavy atom. The Morgan fingerprint density at radius 1 is 0.932 bits per heavy atom. The Morgan fingerprint density at radius 3 is 2.36 bits per heavy atom. The molecule has 0 aliphatic carbocycles. The minimum absolute atomic E-state index is 0.143. The lowest BCUT2D eigenvalue weighted by molar-refractivity contribution is -0.114. The van der Waals surface area contributed by atoms with Gasteiger partial charge in [0.05, 0.1) is 17.9 Å². The minimum atomic E-state index is -2.89. The van der Waals surface area contributed by atoms with Crippen molar-refractivity contribution in [2.24, 2.45) is 0 Å². The number of hydrogen-bond donors (Lipinski definition) is 1. The van der Waals surface area contributed by atoms with E-state index in [0.29, 0.717) is 42.4 Å². The van der Waals surface area contributed by atoms with Gasteiger partial charge in [-0.15, -0.1) is 10.2 Å². The van der Waals surface area contributed by atoms with Crippen LogP contribution in [0.1, 0.15) is 41.4 Å². The molecule has 0 bridgehead atoms. The molecular weight excluding hydrogens is 570 g/mol. The Labute approximate surface area is 250 Å². The second-order valence-corrected chi connectivity index (χ2v) is 10.2. The van der Waals surface area contributed by atoms with Crippen LogP contribution in [0, 0.1) is 0 Å². The standard InChI is InChI=1S/C30H28F2N10O2/c1-20(43)35-24-7-9-25(10-8-24)41-19-23(18-34-41)22-11-12-33-26(17-22)29(44)40-15-13-39(14-16-40)27(21-5-3-2-4-6-21)28-36-38-42(37-28)30(31)32/h2-12,17-19,27,30H,13-16H2,1H3,(H,35,43)/t27-/m1/s1. The number of carbonyl (C=O) groups excluding carboxylic acids is 2. The number of tetrazole rings is 1. The summed E-state index contributed by atoms with van der Waals surface area (Å²) in [6.07, 6.45) is 5.17. The molecule has 1 atom stereocenters. The molecule has 0 unspecified atom stereocenters. The van der Waals surface area contributed by atoms with Crippen molar-refractivity contribution < 1.29 is 18.4 Å². The summed E-state index contributed by atoms with van der Waals surface area (Å²) >= 11 is 0. The SMILES string of the molecule is CC(=O)Nc1ccc(-n2cc(-c3ccnc(C(=O)N4CCN([C@H](c5ccccc5)c5nnn(C(F)F)n5)CC4)c3)cn2)cc1. The number of carbonyl (C=O) groups is 2. The van der Waals surface area contributed by atoms with Crippen molar-refractivity contribution in [3.8, 4) is 16.8 Å². The van der Waals surface area contributed by atoms with E-state index < -0.39 is 12.6 Å². The van der Waals surface area contributed by atoms with Crippen LogP contribution in [0.25, 0.3) is 16.8 Å². The number of rotatable bonds is 8. The van der Waals surface area contributed by atoms with Gasteiger partial charge in [0, 0.05) is 56.7 Å². The molecule has 14 heteroatoms. The van der Waals surface area contributed by atoms with E-state index in [1.54, 1.807) is 40.2 Å². The van der Waals surface area contributed by atoms with Crippen LogP contribution in [0.3, 0.4) is 0 Å². The molecule has 2 amide bonds. The number of hydrogen-bond acceptors (Lipinski definition) is 8. The first-order chi connectivity index (χ1) is 21.4. The molecule has 0 radical (unpaired) electrons. The molecule has 1 N–H and O–H groups in total. The van der Waals surface area contributed by atoms with Crippen molar-refractivity contribution in [2.75, 3.05) is 31.5 Å². The van der Waals surface area contributed by atoms with Gasteiger partial charge in [0.2, 0.25) is 5.91 Å². The van der Waals surface area contributed by atoms with Gasteiger partial charge in [-0.25, -0.2) is 4.68 Å². The maximum Gasteiger partial charge on any atom is 0.350 e. The van der Waals surface area contributed by atoms with E-state index in [9.17, 15) is 18.4 Å². The molecule has 4 heterocycles. The van der Waals surface area contributed by atoms with Crippen molar-refractivity contribution >= 4 is 17.5 Å². The van der Waals surface area contributed by atoms with Gasteiger partial charge in [0.15, 0.2) is 5.82 Å². The normalized spacial score (nSPS) is 14.5. The second kappa shape index (κ2) is 12.5. The third-order valence-electron chi connectivity index (χ3n) is 7.29. The molecule has 1 saturated heterocycles. The van der Waals surface area contributed by atoms with Gasteiger partial charge in [-0.05, 0) is 52.7 Å². The lowest BCUT2D eigenvalue weighted by Gasteiger charge is -2.38. The molecule has 1 fully saturated rings. The molecule has 0 saturated carbocycles. The summed E-state index contributed by atoms with van der Waals surface area (Å²) in [5, 5.41) is 18.5. The Bertz CT molecular complexity index is 1750. The van der Waals surface area contributed by atoms with Crippen LogP contribution in [0.2, 0.25) is 0 Å². The number of piperazine rings is 1. The number of alkyl halides is 2. The van der Waals surface area contributed by atoms with Gasteiger partial charge in [0.1, 0.15) is 5.69 Å². The Kier molecular flexibility index (Phi) is 8.14. The topological polar surface area (TPSA) is 127 Å².